The van der Waals surface area contributed by atoms with Crippen LogP contribution in [-0.4, -0.2) is 27.8 Å². The summed E-state index contributed by atoms with van der Waals surface area (Å²) in [5.41, 5.74) is 2.39. The van der Waals surface area contributed by atoms with Crippen molar-refractivity contribution in [1.29, 1.82) is 0 Å². The molecule has 0 aliphatic rings. The average molecular weight is 301 g/mol. The number of carboxylic acid groups (broad SMARTS) is 1. The molecule has 0 radical (unpaired) electrons. The number of benzene rings is 1. The van der Waals surface area contributed by atoms with Crippen LogP contribution in [-0.2, 0) is 11.3 Å². The summed E-state index contributed by atoms with van der Waals surface area (Å²) in [6.45, 7) is 4.89. The lowest BCUT2D eigenvalue weighted by Crippen LogP contribution is -2.40. The number of H-pyrrole nitrogens is 1. The summed E-state index contributed by atoms with van der Waals surface area (Å²) in [5, 5.41) is 19.9. The molecule has 2 rings (SSSR count). The first-order valence-corrected chi connectivity index (χ1v) is 7.64. The Hall–Kier alpha value is -2.14. The molecule has 0 bridgehead atoms. The summed E-state index contributed by atoms with van der Waals surface area (Å²) in [6.07, 6.45) is 3.02. The largest absolute Gasteiger partial charge is 0.481 e. The van der Waals surface area contributed by atoms with Gasteiger partial charge in [0.2, 0.25) is 0 Å². The Bertz CT molecular complexity index is 603. The SMILES string of the molecule is CCC(CC)(CNCc1cn[nH]c1-c1ccccc1)C(=O)O. The Morgan fingerprint density at radius 2 is 1.95 bits per heavy atom. The predicted octanol–water partition coefficient (Wildman–Crippen LogP) is 3.06. The number of nitrogens with zero attached hydrogens (tertiary/aromatic N) is 1. The van der Waals surface area contributed by atoms with Gasteiger partial charge in [0.25, 0.3) is 0 Å². The van der Waals surface area contributed by atoms with Crippen LogP contribution in [0.2, 0.25) is 0 Å². The van der Waals surface area contributed by atoms with Gasteiger partial charge in [0.15, 0.2) is 0 Å². The van der Waals surface area contributed by atoms with E-state index < -0.39 is 11.4 Å². The molecule has 5 nitrogen and oxygen atoms in total. The lowest BCUT2D eigenvalue weighted by atomic mass is 9.82. The third-order valence-corrected chi connectivity index (χ3v) is 4.37. The maximum Gasteiger partial charge on any atom is 0.310 e. The van der Waals surface area contributed by atoms with Gasteiger partial charge in [0.05, 0.1) is 17.3 Å². The molecule has 1 aromatic heterocycles. The van der Waals surface area contributed by atoms with Gasteiger partial charge in [0.1, 0.15) is 0 Å². The fraction of sp³-hybridized carbons (Fsp3) is 0.412. The smallest absolute Gasteiger partial charge is 0.310 e. The summed E-state index contributed by atoms with van der Waals surface area (Å²) in [4.78, 5) is 11.5. The van der Waals surface area contributed by atoms with E-state index in [1.807, 2.05) is 44.2 Å². The van der Waals surface area contributed by atoms with Gasteiger partial charge in [-0.15, -0.1) is 0 Å². The molecule has 0 unspecified atom stereocenters. The van der Waals surface area contributed by atoms with Crippen molar-refractivity contribution in [2.24, 2.45) is 5.41 Å². The monoisotopic (exact) mass is 301 g/mol. The summed E-state index contributed by atoms with van der Waals surface area (Å²) >= 11 is 0. The molecule has 0 saturated carbocycles. The number of aliphatic carboxylic acids is 1. The van der Waals surface area contributed by atoms with Crippen molar-refractivity contribution >= 4 is 5.97 Å². The standard InChI is InChI=1S/C17H23N3O2/c1-3-17(4-2,16(21)22)12-18-10-14-11-19-20-15(14)13-8-6-5-7-9-13/h5-9,11,18H,3-4,10,12H2,1-2H3,(H,19,20)(H,21,22). The van der Waals surface area contributed by atoms with Crippen molar-refractivity contribution in [2.45, 2.75) is 33.2 Å². The summed E-state index contributed by atoms with van der Waals surface area (Å²) in [6, 6.07) is 9.99. The Morgan fingerprint density at radius 1 is 1.27 bits per heavy atom. The molecular formula is C17H23N3O2. The van der Waals surface area contributed by atoms with Crippen LogP contribution in [0.3, 0.4) is 0 Å². The quantitative estimate of drug-likeness (QED) is 0.700. The van der Waals surface area contributed by atoms with Crippen LogP contribution in [0.25, 0.3) is 11.3 Å². The molecule has 0 spiro atoms. The second-order valence-electron chi connectivity index (χ2n) is 5.53. The number of nitrogens with one attached hydrogen (secondary N) is 2. The van der Waals surface area contributed by atoms with Gasteiger partial charge in [-0.25, -0.2) is 0 Å². The zero-order valence-electron chi connectivity index (χ0n) is 13.1. The molecular weight excluding hydrogens is 278 g/mol. The highest BCUT2D eigenvalue weighted by atomic mass is 16.4. The molecule has 1 heterocycles. The second-order valence-corrected chi connectivity index (χ2v) is 5.53. The number of rotatable bonds is 8. The zero-order chi connectivity index (χ0) is 16.0. The van der Waals surface area contributed by atoms with Crippen LogP contribution < -0.4 is 5.32 Å². The number of aromatic nitrogens is 2. The van der Waals surface area contributed by atoms with E-state index in [1.54, 1.807) is 6.20 Å². The minimum atomic E-state index is -0.736. The first-order valence-electron chi connectivity index (χ1n) is 7.64. The van der Waals surface area contributed by atoms with E-state index in [2.05, 4.69) is 15.5 Å². The van der Waals surface area contributed by atoms with Crippen LogP contribution in [0.1, 0.15) is 32.3 Å². The Morgan fingerprint density at radius 3 is 2.55 bits per heavy atom. The van der Waals surface area contributed by atoms with Crippen LogP contribution in [0, 0.1) is 5.41 Å². The number of hydrogen-bond acceptors (Lipinski definition) is 3. The maximum absolute atomic E-state index is 11.5. The number of aromatic amines is 1. The van der Waals surface area contributed by atoms with E-state index >= 15 is 0 Å². The van der Waals surface area contributed by atoms with Crippen LogP contribution in [0.5, 0.6) is 0 Å². The van der Waals surface area contributed by atoms with Gasteiger partial charge in [-0.2, -0.15) is 5.10 Å². The van der Waals surface area contributed by atoms with Gasteiger partial charge < -0.3 is 10.4 Å². The fourth-order valence-electron chi connectivity index (χ4n) is 2.61. The lowest BCUT2D eigenvalue weighted by Gasteiger charge is -2.27. The summed E-state index contributed by atoms with van der Waals surface area (Å²) in [7, 11) is 0. The lowest BCUT2D eigenvalue weighted by molar-refractivity contribution is -0.149. The van der Waals surface area contributed by atoms with Crippen molar-refractivity contribution in [2.75, 3.05) is 6.54 Å². The Kier molecular flexibility index (Phi) is 5.33. The normalized spacial score (nSPS) is 11.5. The molecule has 3 N–H and O–H groups in total. The summed E-state index contributed by atoms with van der Waals surface area (Å²) in [5.74, 6) is -0.736. The van der Waals surface area contributed by atoms with Crippen molar-refractivity contribution in [3.8, 4) is 11.3 Å². The highest BCUT2D eigenvalue weighted by Crippen LogP contribution is 2.26. The van der Waals surface area contributed by atoms with E-state index in [4.69, 9.17) is 0 Å². The van der Waals surface area contributed by atoms with Crippen molar-refractivity contribution in [3.63, 3.8) is 0 Å². The van der Waals surface area contributed by atoms with Gasteiger partial charge in [0, 0.05) is 18.7 Å². The number of hydrogen-bond donors (Lipinski definition) is 3. The molecule has 0 amide bonds. The minimum absolute atomic E-state index is 0.453. The van der Waals surface area contributed by atoms with E-state index in [1.165, 1.54) is 0 Å². The predicted molar refractivity (Wildman–Crippen MR) is 86.4 cm³/mol. The molecule has 0 atom stereocenters. The minimum Gasteiger partial charge on any atom is -0.481 e. The van der Waals surface area contributed by atoms with Gasteiger partial charge in [-0.05, 0) is 18.4 Å². The third-order valence-electron chi connectivity index (χ3n) is 4.37. The van der Waals surface area contributed by atoms with E-state index in [0.717, 1.165) is 16.8 Å². The highest BCUT2D eigenvalue weighted by Gasteiger charge is 2.34. The first-order chi connectivity index (χ1) is 10.6. The first kappa shape index (κ1) is 16.2. The molecule has 0 saturated heterocycles. The van der Waals surface area contributed by atoms with Gasteiger partial charge >= 0.3 is 5.97 Å². The topological polar surface area (TPSA) is 78.0 Å². The van der Waals surface area contributed by atoms with Crippen molar-refractivity contribution in [1.82, 2.24) is 15.5 Å². The van der Waals surface area contributed by atoms with E-state index in [-0.39, 0.29) is 0 Å². The Balaban J connectivity index is 2.04. The van der Waals surface area contributed by atoms with Gasteiger partial charge in [-0.1, -0.05) is 44.2 Å². The van der Waals surface area contributed by atoms with E-state index in [0.29, 0.717) is 25.9 Å². The number of carbonyl (C=O) groups is 1. The van der Waals surface area contributed by atoms with Crippen LogP contribution >= 0.6 is 0 Å². The second kappa shape index (κ2) is 7.22. The molecule has 118 valence electrons. The molecule has 0 fully saturated rings. The van der Waals surface area contributed by atoms with Crippen LogP contribution in [0.4, 0.5) is 0 Å². The molecule has 2 aromatic rings. The maximum atomic E-state index is 11.5. The van der Waals surface area contributed by atoms with E-state index in [9.17, 15) is 9.90 Å². The summed E-state index contributed by atoms with van der Waals surface area (Å²) < 4.78 is 0. The van der Waals surface area contributed by atoms with Crippen molar-refractivity contribution < 1.29 is 9.90 Å². The highest BCUT2D eigenvalue weighted by molar-refractivity contribution is 5.74. The molecule has 0 aliphatic heterocycles. The van der Waals surface area contributed by atoms with Crippen LogP contribution in [0.15, 0.2) is 36.5 Å². The Labute approximate surface area is 130 Å². The zero-order valence-corrected chi connectivity index (χ0v) is 13.1. The van der Waals surface area contributed by atoms with Gasteiger partial charge in [-0.3, -0.25) is 9.89 Å². The molecule has 0 aliphatic carbocycles. The number of carboxylic acids is 1. The average Bonchev–Trinajstić information content (AvgIpc) is 3.01. The molecule has 1 aromatic carbocycles. The van der Waals surface area contributed by atoms with Crippen molar-refractivity contribution in [3.05, 3.63) is 42.1 Å². The fourth-order valence-corrected chi connectivity index (χ4v) is 2.61. The third kappa shape index (κ3) is 3.36. The molecule has 5 heteroatoms. The molecule has 22 heavy (non-hydrogen) atoms.